The molecule has 0 saturated heterocycles. The number of carbonyl (C=O) groups is 1. The fourth-order valence-corrected chi connectivity index (χ4v) is 2.70. The second-order valence-electron chi connectivity index (χ2n) is 3.60. The molecule has 78 valence electrons. The number of para-hydroxylation sites is 1. The van der Waals surface area contributed by atoms with Crippen molar-refractivity contribution < 1.29 is 4.79 Å². The number of nitrogens with one attached hydrogen (secondary N) is 1. The van der Waals surface area contributed by atoms with Crippen LogP contribution >= 0.6 is 11.8 Å². The minimum absolute atomic E-state index is 0.700. The largest absolute Gasteiger partial charge is 0.354 e. The molecule has 0 spiro atoms. The number of hydrogen-bond acceptors (Lipinski definition) is 3. The average Bonchev–Trinajstić information content (AvgIpc) is 2.35. The van der Waals surface area contributed by atoms with Crippen molar-refractivity contribution in [2.24, 2.45) is 0 Å². The minimum atomic E-state index is 0.700. The van der Waals surface area contributed by atoms with Gasteiger partial charge in [-0.15, -0.1) is 0 Å². The Morgan fingerprint density at radius 1 is 1.00 bits per heavy atom. The van der Waals surface area contributed by atoms with Crippen LogP contribution in [0.4, 0.5) is 11.4 Å². The summed E-state index contributed by atoms with van der Waals surface area (Å²) >= 11 is 1.72. The molecule has 0 amide bonds. The molecule has 3 rings (SSSR count). The molecule has 3 heteroatoms. The molecule has 2 aromatic carbocycles. The van der Waals surface area contributed by atoms with Crippen molar-refractivity contribution in [3.63, 3.8) is 0 Å². The number of hydrogen-bond donors (Lipinski definition) is 1. The maximum atomic E-state index is 10.7. The molecule has 1 heterocycles. The predicted octanol–water partition coefficient (Wildman–Crippen LogP) is 3.71. The second-order valence-corrected chi connectivity index (χ2v) is 4.68. The number of anilines is 2. The minimum Gasteiger partial charge on any atom is -0.354 e. The Balaban J connectivity index is 2.08. The lowest BCUT2D eigenvalue weighted by atomic mass is 10.2. The highest BCUT2D eigenvalue weighted by Gasteiger charge is 2.14. The summed E-state index contributed by atoms with van der Waals surface area (Å²) in [7, 11) is 0. The van der Waals surface area contributed by atoms with E-state index in [9.17, 15) is 4.79 Å². The SMILES string of the molecule is O=Cc1ccc2c(c1)Nc1ccccc1S2. The van der Waals surface area contributed by atoms with Gasteiger partial charge in [0.2, 0.25) is 0 Å². The Kier molecular flexibility index (Phi) is 2.18. The number of benzene rings is 2. The van der Waals surface area contributed by atoms with Crippen LogP contribution in [0, 0.1) is 0 Å². The van der Waals surface area contributed by atoms with E-state index in [1.807, 2.05) is 36.4 Å². The van der Waals surface area contributed by atoms with Gasteiger partial charge in [0.15, 0.2) is 0 Å². The molecule has 0 aromatic heterocycles. The first-order valence-corrected chi connectivity index (χ1v) is 5.81. The standard InChI is InChI=1S/C13H9NOS/c15-8-9-5-6-13-11(7-9)14-10-3-1-2-4-12(10)16-13/h1-8,14H. The van der Waals surface area contributed by atoms with Gasteiger partial charge in [-0.1, -0.05) is 30.0 Å². The number of aldehydes is 1. The van der Waals surface area contributed by atoms with Crippen molar-refractivity contribution >= 4 is 29.4 Å². The van der Waals surface area contributed by atoms with Crippen LogP contribution in [0.2, 0.25) is 0 Å². The van der Waals surface area contributed by atoms with Crippen molar-refractivity contribution in [2.45, 2.75) is 9.79 Å². The molecule has 0 unspecified atom stereocenters. The van der Waals surface area contributed by atoms with Crippen LogP contribution in [-0.4, -0.2) is 6.29 Å². The van der Waals surface area contributed by atoms with Gasteiger partial charge in [-0.25, -0.2) is 0 Å². The molecule has 1 N–H and O–H groups in total. The van der Waals surface area contributed by atoms with Gasteiger partial charge in [0, 0.05) is 15.4 Å². The summed E-state index contributed by atoms with van der Waals surface area (Å²) in [5.74, 6) is 0. The zero-order valence-electron chi connectivity index (χ0n) is 8.44. The highest BCUT2D eigenvalue weighted by atomic mass is 32.2. The fraction of sp³-hybridized carbons (Fsp3) is 0. The first kappa shape index (κ1) is 9.48. The van der Waals surface area contributed by atoms with Gasteiger partial charge >= 0.3 is 0 Å². The van der Waals surface area contributed by atoms with Gasteiger partial charge in [-0.05, 0) is 24.3 Å². The van der Waals surface area contributed by atoms with Gasteiger partial charge < -0.3 is 5.32 Å². The maximum absolute atomic E-state index is 10.7. The topological polar surface area (TPSA) is 29.1 Å². The molecule has 0 aliphatic carbocycles. The predicted molar refractivity (Wildman–Crippen MR) is 65.7 cm³/mol. The van der Waals surface area contributed by atoms with Gasteiger partial charge in [0.05, 0.1) is 11.4 Å². The van der Waals surface area contributed by atoms with Crippen LogP contribution in [0.25, 0.3) is 0 Å². The molecule has 0 atom stereocenters. The molecule has 1 aliphatic heterocycles. The summed E-state index contributed by atoms with van der Waals surface area (Å²) in [5.41, 5.74) is 2.81. The molecular formula is C13H9NOS. The summed E-state index contributed by atoms with van der Waals surface area (Å²) in [5, 5.41) is 3.34. The molecule has 0 radical (unpaired) electrons. The van der Waals surface area contributed by atoms with Crippen molar-refractivity contribution in [1.82, 2.24) is 0 Å². The summed E-state index contributed by atoms with van der Waals surface area (Å²) in [6, 6.07) is 13.9. The highest BCUT2D eigenvalue weighted by Crippen LogP contribution is 2.43. The summed E-state index contributed by atoms with van der Waals surface area (Å²) < 4.78 is 0. The van der Waals surface area contributed by atoms with E-state index < -0.39 is 0 Å². The van der Waals surface area contributed by atoms with Crippen molar-refractivity contribution in [2.75, 3.05) is 5.32 Å². The van der Waals surface area contributed by atoms with Gasteiger partial charge in [-0.3, -0.25) is 4.79 Å². The molecule has 0 fully saturated rings. The first-order valence-electron chi connectivity index (χ1n) is 5.00. The highest BCUT2D eigenvalue weighted by molar-refractivity contribution is 7.99. The van der Waals surface area contributed by atoms with E-state index >= 15 is 0 Å². The molecule has 2 aromatic rings. The zero-order valence-corrected chi connectivity index (χ0v) is 9.25. The molecule has 0 saturated carbocycles. The normalized spacial score (nSPS) is 12.2. The Hall–Kier alpha value is -1.74. The van der Waals surface area contributed by atoms with Crippen LogP contribution in [0.3, 0.4) is 0 Å². The van der Waals surface area contributed by atoms with Crippen LogP contribution < -0.4 is 5.32 Å². The maximum Gasteiger partial charge on any atom is 0.150 e. The Bertz CT molecular complexity index is 566. The lowest BCUT2D eigenvalue weighted by Crippen LogP contribution is -2.00. The Labute approximate surface area is 97.7 Å². The summed E-state index contributed by atoms with van der Waals surface area (Å²) in [4.78, 5) is 13.1. The van der Waals surface area contributed by atoms with Gasteiger partial charge in [-0.2, -0.15) is 0 Å². The average molecular weight is 227 g/mol. The summed E-state index contributed by atoms with van der Waals surface area (Å²) in [6.07, 6.45) is 0.868. The second kappa shape index (κ2) is 3.68. The lowest BCUT2D eigenvalue weighted by Gasteiger charge is -2.20. The Morgan fingerprint density at radius 2 is 1.81 bits per heavy atom. The van der Waals surface area contributed by atoms with E-state index in [2.05, 4.69) is 11.4 Å². The molecule has 1 aliphatic rings. The third-order valence-electron chi connectivity index (χ3n) is 2.52. The van der Waals surface area contributed by atoms with E-state index in [0.29, 0.717) is 5.56 Å². The smallest absolute Gasteiger partial charge is 0.150 e. The van der Waals surface area contributed by atoms with E-state index in [1.54, 1.807) is 11.8 Å². The van der Waals surface area contributed by atoms with E-state index in [4.69, 9.17) is 0 Å². The summed E-state index contributed by atoms with van der Waals surface area (Å²) in [6.45, 7) is 0. The molecular weight excluding hydrogens is 218 g/mol. The third-order valence-corrected chi connectivity index (χ3v) is 3.67. The quantitative estimate of drug-likeness (QED) is 0.642. The number of fused-ring (bicyclic) bond motifs is 2. The van der Waals surface area contributed by atoms with Crippen molar-refractivity contribution in [3.05, 3.63) is 48.0 Å². The van der Waals surface area contributed by atoms with E-state index in [-0.39, 0.29) is 0 Å². The van der Waals surface area contributed by atoms with E-state index in [0.717, 1.165) is 22.6 Å². The van der Waals surface area contributed by atoms with Gasteiger partial charge in [0.1, 0.15) is 6.29 Å². The van der Waals surface area contributed by atoms with Gasteiger partial charge in [0.25, 0.3) is 0 Å². The molecule has 2 nitrogen and oxygen atoms in total. The zero-order chi connectivity index (χ0) is 11.0. The lowest BCUT2D eigenvalue weighted by molar-refractivity contribution is 0.112. The molecule has 16 heavy (non-hydrogen) atoms. The van der Waals surface area contributed by atoms with Crippen LogP contribution in [0.1, 0.15) is 10.4 Å². The van der Waals surface area contributed by atoms with Crippen LogP contribution in [0.5, 0.6) is 0 Å². The number of rotatable bonds is 1. The molecule has 0 bridgehead atoms. The fourth-order valence-electron chi connectivity index (χ4n) is 1.73. The van der Waals surface area contributed by atoms with Crippen LogP contribution in [0.15, 0.2) is 52.3 Å². The third kappa shape index (κ3) is 1.49. The monoisotopic (exact) mass is 227 g/mol. The van der Waals surface area contributed by atoms with Crippen molar-refractivity contribution in [3.8, 4) is 0 Å². The van der Waals surface area contributed by atoms with Crippen molar-refractivity contribution in [1.29, 1.82) is 0 Å². The first-order chi connectivity index (χ1) is 7.86. The van der Waals surface area contributed by atoms with Crippen LogP contribution in [-0.2, 0) is 0 Å². The van der Waals surface area contributed by atoms with E-state index in [1.165, 1.54) is 4.90 Å². The Morgan fingerprint density at radius 3 is 2.69 bits per heavy atom. The number of carbonyl (C=O) groups excluding carboxylic acids is 1.